The summed E-state index contributed by atoms with van der Waals surface area (Å²) < 4.78 is 24.1. The maximum absolute atomic E-state index is 12.1. The molecule has 2 amide bonds. The number of aromatic nitrogens is 2. The van der Waals surface area contributed by atoms with E-state index in [0.717, 1.165) is 19.4 Å². The third-order valence-electron chi connectivity index (χ3n) is 4.48. The summed E-state index contributed by atoms with van der Waals surface area (Å²) in [5.74, 6) is 0.457. The number of hydrogen-bond acceptors (Lipinski definition) is 7. The molecule has 2 aliphatic heterocycles. The molecule has 3 heterocycles. The Hall–Kier alpha value is -1.94. The van der Waals surface area contributed by atoms with Gasteiger partial charge in [-0.15, -0.1) is 0 Å². The topological polar surface area (TPSA) is 116 Å². The fourth-order valence-electron chi connectivity index (χ4n) is 3.16. The molecular formula is C15H24N6O3S. The van der Waals surface area contributed by atoms with Crippen LogP contribution in [0.4, 0.5) is 10.7 Å². The first kappa shape index (κ1) is 17.9. The van der Waals surface area contributed by atoms with E-state index >= 15 is 0 Å². The molecule has 0 radical (unpaired) electrons. The van der Waals surface area contributed by atoms with Crippen molar-refractivity contribution in [2.45, 2.75) is 23.7 Å². The zero-order valence-electron chi connectivity index (χ0n) is 14.3. The lowest BCUT2D eigenvalue weighted by atomic mass is 9.96. The normalized spacial score (nSPS) is 21.2. The lowest BCUT2D eigenvalue weighted by Gasteiger charge is -2.24. The molecule has 1 atom stereocenters. The van der Waals surface area contributed by atoms with Crippen molar-refractivity contribution in [3.63, 3.8) is 0 Å². The van der Waals surface area contributed by atoms with E-state index in [1.165, 1.54) is 12.5 Å². The number of nitrogens with zero attached hydrogens (tertiary/aromatic N) is 3. The van der Waals surface area contributed by atoms with Crippen molar-refractivity contribution in [1.82, 2.24) is 25.5 Å². The number of hydrogen-bond donors (Lipinski definition) is 3. The van der Waals surface area contributed by atoms with E-state index in [2.05, 4.69) is 25.9 Å². The van der Waals surface area contributed by atoms with Gasteiger partial charge in [0.25, 0.3) is 0 Å². The van der Waals surface area contributed by atoms with Gasteiger partial charge in [-0.3, -0.25) is 0 Å². The quantitative estimate of drug-likeness (QED) is 0.636. The predicted molar refractivity (Wildman–Crippen MR) is 93.4 cm³/mol. The highest BCUT2D eigenvalue weighted by Gasteiger charge is 2.25. The van der Waals surface area contributed by atoms with Crippen LogP contribution in [-0.4, -0.2) is 74.8 Å². The number of nitrogens with one attached hydrogen (secondary N) is 3. The zero-order valence-corrected chi connectivity index (χ0v) is 15.1. The maximum Gasteiger partial charge on any atom is 0.317 e. The van der Waals surface area contributed by atoms with Gasteiger partial charge in [0.05, 0.1) is 11.9 Å². The summed E-state index contributed by atoms with van der Waals surface area (Å²) in [5, 5.41) is 9.13. The Morgan fingerprint density at radius 3 is 2.88 bits per heavy atom. The Morgan fingerprint density at radius 1 is 1.40 bits per heavy atom. The minimum atomic E-state index is -3.38. The summed E-state index contributed by atoms with van der Waals surface area (Å²) in [7, 11) is -3.38. The lowest BCUT2D eigenvalue weighted by Crippen LogP contribution is -2.33. The van der Waals surface area contributed by atoms with Crippen molar-refractivity contribution in [2.75, 3.05) is 50.8 Å². The Morgan fingerprint density at radius 2 is 2.24 bits per heavy atom. The predicted octanol–water partition coefficient (Wildman–Crippen LogP) is -0.216. The fourth-order valence-corrected chi connectivity index (χ4v) is 4.00. The van der Waals surface area contributed by atoms with Crippen LogP contribution in [0, 0.1) is 0 Å². The van der Waals surface area contributed by atoms with Crippen molar-refractivity contribution >= 4 is 21.8 Å². The van der Waals surface area contributed by atoms with E-state index in [-0.39, 0.29) is 16.8 Å². The number of carbonyl (C=O) groups is 1. The standard InChI is InChI=1S/C15H24N6O3S/c1-25(23,24)12-10-19-14(17-5-7-21-8-6-18-15(21)22)20-13(12)11-3-2-4-16-9-11/h10-11,16H,2-9H2,1H3,(H,18,22)(H,17,19,20). The van der Waals surface area contributed by atoms with Gasteiger partial charge in [-0.2, -0.15) is 0 Å². The molecule has 3 rings (SSSR count). The number of sulfone groups is 1. The van der Waals surface area contributed by atoms with Crippen LogP contribution in [0.1, 0.15) is 24.5 Å². The number of anilines is 1. The van der Waals surface area contributed by atoms with Crippen LogP contribution < -0.4 is 16.0 Å². The molecule has 25 heavy (non-hydrogen) atoms. The van der Waals surface area contributed by atoms with Gasteiger partial charge in [0.1, 0.15) is 4.90 Å². The third-order valence-corrected chi connectivity index (χ3v) is 5.59. The molecule has 9 nitrogen and oxygen atoms in total. The van der Waals surface area contributed by atoms with Gasteiger partial charge < -0.3 is 20.9 Å². The Kier molecular flexibility index (Phi) is 5.38. The highest BCUT2D eigenvalue weighted by atomic mass is 32.2. The summed E-state index contributed by atoms with van der Waals surface area (Å²) >= 11 is 0. The second-order valence-electron chi connectivity index (χ2n) is 6.40. The Labute approximate surface area is 147 Å². The van der Waals surface area contributed by atoms with Crippen molar-refractivity contribution in [3.05, 3.63) is 11.9 Å². The summed E-state index contributed by atoms with van der Waals surface area (Å²) in [6.45, 7) is 4.06. The van der Waals surface area contributed by atoms with E-state index in [4.69, 9.17) is 0 Å². The van der Waals surface area contributed by atoms with Crippen LogP contribution in [0.5, 0.6) is 0 Å². The molecule has 10 heteroatoms. The smallest absolute Gasteiger partial charge is 0.317 e. The molecule has 2 fully saturated rings. The lowest BCUT2D eigenvalue weighted by molar-refractivity contribution is 0.219. The van der Waals surface area contributed by atoms with Gasteiger partial charge in [0.15, 0.2) is 9.84 Å². The number of rotatable bonds is 6. The minimum absolute atomic E-state index is 0.0615. The van der Waals surface area contributed by atoms with Crippen molar-refractivity contribution in [3.8, 4) is 0 Å². The highest BCUT2D eigenvalue weighted by Crippen LogP contribution is 2.27. The summed E-state index contributed by atoms with van der Waals surface area (Å²) in [6.07, 6.45) is 4.46. The number of amides is 2. The van der Waals surface area contributed by atoms with E-state index in [1.54, 1.807) is 4.90 Å². The Bertz CT molecular complexity index is 733. The number of carbonyl (C=O) groups excluding carboxylic acids is 1. The molecule has 0 bridgehead atoms. The minimum Gasteiger partial charge on any atom is -0.352 e. The van der Waals surface area contributed by atoms with E-state index in [1.807, 2.05) is 0 Å². The average Bonchev–Trinajstić information content (AvgIpc) is 3.00. The van der Waals surface area contributed by atoms with Crippen LogP contribution in [-0.2, 0) is 9.84 Å². The number of piperidine rings is 1. The van der Waals surface area contributed by atoms with Crippen molar-refractivity contribution in [1.29, 1.82) is 0 Å². The molecule has 2 aliphatic rings. The van der Waals surface area contributed by atoms with E-state index in [9.17, 15) is 13.2 Å². The zero-order chi connectivity index (χ0) is 17.9. The molecule has 0 aliphatic carbocycles. The second kappa shape index (κ2) is 7.52. The van der Waals surface area contributed by atoms with Crippen molar-refractivity contribution < 1.29 is 13.2 Å². The van der Waals surface area contributed by atoms with Gasteiger partial charge in [0.2, 0.25) is 5.95 Å². The van der Waals surface area contributed by atoms with Gasteiger partial charge in [-0.05, 0) is 19.4 Å². The number of urea groups is 1. The molecule has 0 spiro atoms. The molecule has 1 aromatic heterocycles. The first-order valence-electron chi connectivity index (χ1n) is 8.49. The molecule has 2 saturated heterocycles. The first-order chi connectivity index (χ1) is 11.9. The average molecular weight is 368 g/mol. The molecular weight excluding hydrogens is 344 g/mol. The fraction of sp³-hybridized carbons (Fsp3) is 0.667. The highest BCUT2D eigenvalue weighted by molar-refractivity contribution is 7.90. The van der Waals surface area contributed by atoms with Crippen LogP contribution in [0.3, 0.4) is 0 Å². The molecule has 138 valence electrons. The molecule has 0 saturated carbocycles. The molecule has 1 aromatic rings. The van der Waals surface area contributed by atoms with Gasteiger partial charge in [-0.25, -0.2) is 23.2 Å². The van der Waals surface area contributed by atoms with Gasteiger partial charge in [0, 0.05) is 44.9 Å². The monoisotopic (exact) mass is 368 g/mol. The molecule has 1 unspecified atom stereocenters. The van der Waals surface area contributed by atoms with Crippen LogP contribution in [0.2, 0.25) is 0 Å². The molecule has 3 N–H and O–H groups in total. The van der Waals surface area contributed by atoms with Crippen molar-refractivity contribution in [2.24, 2.45) is 0 Å². The van der Waals surface area contributed by atoms with Crippen LogP contribution in [0.25, 0.3) is 0 Å². The van der Waals surface area contributed by atoms with E-state index in [0.29, 0.717) is 44.4 Å². The largest absolute Gasteiger partial charge is 0.352 e. The summed E-state index contributed by atoms with van der Waals surface area (Å²) in [4.78, 5) is 22.1. The third kappa shape index (κ3) is 4.37. The van der Waals surface area contributed by atoms with Crippen LogP contribution in [0.15, 0.2) is 11.1 Å². The first-order valence-corrected chi connectivity index (χ1v) is 10.4. The van der Waals surface area contributed by atoms with E-state index < -0.39 is 9.84 Å². The van der Waals surface area contributed by atoms with Gasteiger partial charge in [-0.1, -0.05) is 0 Å². The second-order valence-corrected chi connectivity index (χ2v) is 8.39. The summed E-state index contributed by atoms with van der Waals surface area (Å²) in [6, 6.07) is -0.0656. The molecule has 0 aromatic carbocycles. The summed E-state index contributed by atoms with van der Waals surface area (Å²) in [5.41, 5.74) is 0.575. The maximum atomic E-state index is 12.1. The Balaban J connectivity index is 1.72. The van der Waals surface area contributed by atoms with Gasteiger partial charge >= 0.3 is 6.03 Å². The van der Waals surface area contributed by atoms with Crippen LogP contribution >= 0.6 is 0 Å². The SMILES string of the molecule is CS(=O)(=O)c1cnc(NCCN2CCNC2=O)nc1C1CCCNC1.